The first-order chi connectivity index (χ1) is 17.8. The number of amides is 3. The average molecular weight is 566 g/mol. The number of halogens is 2. The van der Waals surface area contributed by atoms with Gasteiger partial charge in [-0.15, -0.1) is 10.2 Å². The van der Waals surface area contributed by atoms with E-state index in [-0.39, 0.29) is 34.3 Å². The predicted octanol–water partition coefficient (Wildman–Crippen LogP) is 4.19. The van der Waals surface area contributed by atoms with Gasteiger partial charge in [-0.05, 0) is 67.1 Å². The van der Waals surface area contributed by atoms with Gasteiger partial charge >= 0.3 is 6.03 Å². The first-order valence-corrected chi connectivity index (χ1v) is 13.8. The van der Waals surface area contributed by atoms with Crippen molar-refractivity contribution in [2.24, 2.45) is 0 Å². The summed E-state index contributed by atoms with van der Waals surface area (Å²) >= 11 is 13.7. The van der Waals surface area contributed by atoms with E-state index in [1.807, 2.05) is 16.3 Å². The third kappa shape index (κ3) is 7.19. The summed E-state index contributed by atoms with van der Waals surface area (Å²) in [7, 11) is 0. The van der Waals surface area contributed by atoms with E-state index in [9.17, 15) is 9.59 Å². The summed E-state index contributed by atoms with van der Waals surface area (Å²) in [6, 6.07) is 3.89. The molecular formula is C24H30Cl2N8O2S. The number of hydrogen-bond donors (Lipinski definition) is 2. The van der Waals surface area contributed by atoms with Crippen LogP contribution in [0.25, 0.3) is 0 Å². The summed E-state index contributed by atoms with van der Waals surface area (Å²) in [6.07, 6.45) is 5.44. The van der Waals surface area contributed by atoms with E-state index < -0.39 is 0 Å². The Bertz CT molecular complexity index is 1160. The van der Waals surface area contributed by atoms with Crippen LogP contribution in [-0.2, 0) is 6.54 Å². The average Bonchev–Trinajstić information content (AvgIpc) is 3.56. The highest BCUT2D eigenvalue weighted by molar-refractivity contribution is 7.07. The molecule has 1 unspecified atom stereocenters. The van der Waals surface area contributed by atoms with Crippen LogP contribution in [-0.4, -0.2) is 73.3 Å². The minimum Gasteiger partial charge on any atom is -0.352 e. The normalized spacial score (nSPS) is 15.4. The van der Waals surface area contributed by atoms with E-state index in [2.05, 4.69) is 43.1 Å². The molecule has 1 aliphatic heterocycles. The molecular weight excluding hydrogens is 535 g/mol. The zero-order valence-electron chi connectivity index (χ0n) is 20.7. The minimum absolute atomic E-state index is 0.109. The SMILES string of the molecule is Cc1cc(Cl)nc(Cl)c1C(=O)NCCC(C)N1CCC(N(Cc2ccsc2)C(=O)Nn2cnnc2)CC1. The molecule has 13 heteroatoms. The molecule has 1 atom stereocenters. The summed E-state index contributed by atoms with van der Waals surface area (Å²) in [6.45, 7) is 6.75. The third-order valence-electron chi connectivity index (χ3n) is 6.62. The number of carbonyl (C=O) groups is 2. The van der Waals surface area contributed by atoms with Crippen molar-refractivity contribution in [2.75, 3.05) is 25.1 Å². The molecule has 1 saturated heterocycles. The number of urea groups is 1. The Labute approximate surface area is 229 Å². The van der Waals surface area contributed by atoms with E-state index in [0.29, 0.717) is 24.2 Å². The number of aryl methyl sites for hydroxylation is 1. The highest BCUT2D eigenvalue weighted by atomic mass is 35.5. The van der Waals surface area contributed by atoms with Crippen molar-refractivity contribution in [2.45, 2.75) is 51.7 Å². The van der Waals surface area contributed by atoms with E-state index in [0.717, 1.165) is 37.9 Å². The molecule has 2 N–H and O–H groups in total. The molecule has 0 radical (unpaired) electrons. The van der Waals surface area contributed by atoms with E-state index in [4.69, 9.17) is 23.2 Å². The molecule has 0 aromatic carbocycles. The second kappa shape index (κ2) is 12.7. The summed E-state index contributed by atoms with van der Waals surface area (Å²) in [5.74, 6) is -0.249. The van der Waals surface area contributed by atoms with Gasteiger partial charge in [-0.25, -0.2) is 19.9 Å². The number of pyridine rings is 1. The van der Waals surface area contributed by atoms with Crippen molar-refractivity contribution in [3.8, 4) is 0 Å². The number of likely N-dealkylation sites (tertiary alicyclic amines) is 1. The summed E-state index contributed by atoms with van der Waals surface area (Å²) < 4.78 is 1.46. The quantitative estimate of drug-likeness (QED) is 0.377. The van der Waals surface area contributed by atoms with Crippen LogP contribution in [0.1, 0.15) is 47.7 Å². The number of carbonyl (C=O) groups excluding carboxylic acids is 2. The van der Waals surface area contributed by atoms with Crippen molar-refractivity contribution in [1.82, 2.24) is 35.0 Å². The third-order valence-corrected chi connectivity index (χ3v) is 7.82. The van der Waals surface area contributed by atoms with Crippen LogP contribution >= 0.6 is 34.5 Å². The van der Waals surface area contributed by atoms with Gasteiger partial charge in [0.25, 0.3) is 5.91 Å². The molecule has 37 heavy (non-hydrogen) atoms. The van der Waals surface area contributed by atoms with Crippen LogP contribution in [0.2, 0.25) is 10.3 Å². The number of nitrogens with zero attached hydrogens (tertiary/aromatic N) is 6. The lowest BCUT2D eigenvalue weighted by Gasteiger charge is -2.40. The molecule has 0 bridgehead atoms. The van der Waals surface area contributed by atoms with Gasteiger partial charge in [-0.2, -0.15) is 11.3 Å². The standard InChI is InChI=1S/C24H30Cl2N8O2S/c1-16-11-20(25)30-22(26)21(16)23(35)27-7-3-17(2)32-8-4-19(5-9-32)34(12-18-6-10-37-13-18)24(36)31-33-14-28-29-15-33/h6,10-11,13-15,17,19H,3-5,7-9,12H2,1-2H3,(H,27,35)(H,31,36). The largest absolute Gasteiger partial charge is 0.352 e. The summed E-state index contributed by atoms with van der Waals surface area (Å²) in [5.41, 5.74) is 5.00. The smallest absolute Gasteiger partial charge is 0.337 e. The monoisotopic (exact) mass is 564 g/mol. The molecule has 1 fully saturated rings. The van der Waals surface area contributed by atoms with Gasteiger partial charge < -0.3 is 15.1 Å². The number of aromatic nitrogens is 4. The van der Waals surface area contributed by atoms with Crippen molar-refractivity contribution in [3.05, 3.63) is 62.5 Å². The molecule has 0 spiro atoms. The van der Waals surface area contributed by atoms with Gasteiger partial charge in [0.15, 0.2) is 0 Å². The number of nitrogens with one attached hydrogen (secondary N) is 2. The van der Waals surface area contributed by atoms with Gasteiger partial charge in [0.05, 0.1) is 5.56 Å². The van der Waals surface area contributed by atoms with Crippen molar-refractivity contribution < 1.29 is 9.59 Å². The Kier molecular flexibility index (Phi) is 9.36. The molecule has 3 aromatic rings. The molecule has 0 aliphatic carbocycles. The lowest BCUT2D eigenvalue weighted by molar-refractivity contribution is 0.0917. The number of hydrogen-bond acceptors (Lipinski definition) is 7. The van der Waals surface area contributed by atoms with Crippen LogP contribution in [0, 0.1) is 6.92 Å². The highest BCUT2D eigenvalue weighted by Crippen LogP contribution is 2.23. The Balaban J connectivity index is 1.28. The molecule has 4 heterocycles. The Morgan fingerprint density at radius 2 is 1.97 bits per heavy atom. The van der Waals surface area contributed by atoms with Crippen LogP contribution < -0.4 is 10.7 Å². The van der Waals surface area contributed by atoms with E-state index >= 15 is 0 Å². The van der Waals surface area contributed by atoms with Gasteiger partial charge in [-0.3, -0.25) is 4.79 Å². The van der Waals surface area contributed by atoms with Gasteiger partial charge in [0.2, 0.25) is 0 Å². The molecule has 4 rings (SSSR count). The minimum atomic E-state index is -0.249. The maximum Gasteiger partial charge on any atom is 0.337 e. The summed E-state index contributed by atoms with van der Waals surface area (Å²) in [5, 5.41) is 14.9. The maximum absolute atomic E-state index is 13.1. The lowest BCUT2D eigenvalue weighted by Crippen LogP contribution is -2.51. The zero-order valence-corrected chi connectivity index (χ0v) is 23.1. The molecule has 3 amide bonds. The predicted molar refractivity (Wildman–Crippen MR) is 145 cm³/mol. The number of thiophene rings is 1. The first kappa shape index (κ1) is 27.3. The Morgan fingerprint density at radius 3 is 2.62 bits per heavy atom. The van der Waals surface area contributed by atoms with E-state index in [1.54, 1.807) is 24.3 Å². The molecule has 0 saturated carbocycles. The van der Waals surface area contributed by atoms with Crippen molar-refractivity contribution in [3.63, 3.8) is 0 Å². The fourth-order valence-electron chi connectivity index (χ4n) is 4.55. The molecule has 3 aromatic heterocycles. The van der Waals surface area contributed by atoms with Crippen LogP contribution in [0.4, 0.5) is 4.79 Å². The second-order valence-corrected chi connectivity index (χ2v) is 10.7. The molecule has 198 valence electrons. The van der Waals surface area contributed by atoms with Gasteiger partial charge in [-0.1, -0.05) is 23.2 Å². The topological polar surface area (TPSA) is 108 Å². The van der Waals surface area contributed by atoms with Crippen LogP contribution in [0.5, 0.6) is 0 Å². The van der Waals surface area contributed by atoms with Gasteiger partial charge in [0, 0.05) is 38.3 Å². The Hall–Kier alpha value is -2.73. The maximum atomic E-state index is 13.1. The molecule has 1 aliphatic rings. The van der Waals surface area contributed by atoms with E-state index in [1.165, 1.54) is 17.3 Å². The Morgan fingerprint density at radius 1 is 1.24 bits per heavy atom. The van der Waals surface area contributed by atoms with Crippen molar-refractivity contribution in [1.29, 1.82) is 0 Å². The highest BCUT2D eigenvalue weighted by Gasteiger charge is 2.30. The fourth-order valence-corrected chi connectivity index (χ4v) is 5.83. The second-order valence-electron chi connectivity index (χ2n) is 9.13. The van der Waals surface area contributed by atoms with Gasteiger partial charge in [0.1, 0.15) is 23.0 Å². The fraction of sp³-hybridized carbons (Fsp3) is 0.458. The van der Waals surface area contributed by atoms with Crippen molar-refractivity contribution >= 4 is 46.5 Å². The number of piperidine rings is 1. The number of rotatable bonds is 9. The first-order valence-electron chi connectivity index (χ1n) is 12.1. The zero-order chi connectivity index (χ0) is 26.4. The lowest BCUT2D eigenvalue weighted by atomic mass is 10.0. The van der Waals surface area contributed by atoms with Crippen LogP contribution in [0.3, 0.4) is 0 Å². The summed E-state index contributed by atoms with van der Waals surface area (Å²) in [4.78, 5) is 34.0. The molecule has 10 nitrogen and oxygen atoms in total. The van der Waals surface area contributed by atoms with Crippen LogP contribution in [0.15, 0.2) is 35.5 Å².